The predicted molar refractivity (Wildman–Crippen MR) is 143 cm³/mol. The SMILES string of the molecule is CC(C)n1cnc2cc(-c3cnc4c(c3)N(C3CC(C)(N5CCCCC5)C3)C(=O)C4(C)C)nc(N)c21. The van der Waals surface area contributed by atoms with Crippen molar-refractivity contribution in [1.82, 2.24) is 24.4 Å². The second kappa shape index (κ2) is 8.00. The van der Waals surface area contributed by atoms with Gasteiger partial charge in [0.1, 0.15) is 11.3 Å². The number of carbonyl (C=O) groups is 1. The summed E-state index contributed by atoms with van der Waals surface area (Å²) >= 11 is 0. The van der Waals surface area contributed by atoms with E-state index in [9.17, 15) is 4.79 Å². The molecule has 0 bridgehead atoms. The normalized spacial score (nSPS) is 26.0. The van der Waals surface area contributed by atoms with Crippen LogP contribution in [0.3, 0.4) is 0 Å². The van der Waals surface area contributed by atoms with E-state index >= 15 is 0 Å². The van der Waals surface area contributed by atoms with E-state index in [0.717, 1.165) is 46.5 Å². The number of carbonyl (C=O) groups excluding carboxylic acids is 1. The van der Waals surface area contributed by atoms with Gasteiger partial charge in [0.2, 0.25) is 5.91 Å². The van der Waals surface area contributed by atoms with Crippen LogP contribution in [0.25, 0.3) is 22.3 Å². The van der Waals surface area contributed by atoms with Crippen molar-refractivity contribution in [3.63, 3.8) is 0 Å². The van der Waals surface area contributed by atoms with Crippen molar-refractivity contribution in [2.24, 2.45) is 0 Å². The Bertz CT molecular complexity index is 1350. The molecule has 0 atom stereocenters. The summed E-state index contributed by atoms with van der Waals surface area (Å²) in [6.07, 6.45) is 9.53. The van der Waals surface area contributed by atoms with Crippen LogP contribution in [0.4, 0.5) is 11.5 Å². The average molecular weight is 488 g/mol. The summed E-state index contributed by atoms with van der Waals surface area (Å²) in [7, 11) is 0. The first-order valence-electron chi connectivity index (χ1n) is 13.3. The second-order valence-electron chi connectivity index (χ2n) is 12.0. The van der Waals surface area contributed by atoms with E-state index in [1.165, 1.54) is 32.4 Å². The molecule has 2 aliphatic heterocycles. The van der Waals surface area contributed by atoms with Crippen molar-refractivity contribution in [2.75, 3.05) is 23.7 Å². The van der Waals surface area contributed by atoms with Crippen LogP contribution in [0.5, 0.6) is 0 Å². The van der Waals surface area contributed by atoms with Gasteiger partial charge in [0.25, 0.3) is 0 Å². The molecule has 0 spiro atoms. The summed E-state index contributed by atoms with van der Waals surface area (Å²) in [4.78, 5) is 32.5. The van der Waals surface area contributed by atoms with Crippen LogP contribution in [0, 0.1) is 0 Å². The maximum atomic E-state index is 13.7. The van der Waals surface area contributed by atoms with Gasteiger partial charge in [-0.15, -0.1) is 0 Å². The molecule has 8 nitrogen and oxygen atoms in total. The molecule has 1 amide bonds. The fourth-order valence-electron chi connectivity index (χ4n) is 6.59. The van der Waals surface area contributed by atoms with E-state index in [1.54, 1.807) is 0 Å². The summed E-state index contributed by atoms with van der Waals surface area (Å²) < 4.78 is 2.04. The number of nitrogens with two attached hydrogens (primary N) is 1. The van der Waals surface area contributed by atoms with Crippen LogP contribution in [-0.2, 0) is 10.2 Å². The molecule has 3 aromatic heterocycles. The van der Waals surface area contributed by atoms with E-state index in [-0.39, 0.29) is 23.5 Å². The number of fused-ring (bicyclic) bond motifs is 2. The topological polar surface area (TPSA) is 93.2 Å². The number of imidazole rings is 1. The molecule has 1 saturated heterocycles. The van der Waals surface area contributed by atoms with Gasteiger partial charge in [-0.3, -0.25) is 14.7 Å². The first kappa shape index (κ1) is 23.4. The molecular weight excluding hydrogens is 450 g/mol. The zero-order valence-corrected chi connectivity index (χ0v) is 22.1. The van der Waals surface area contributed by atoms with Crippen LogP contribution in [0.2, 0.25) is 0 Å². The highest BCUT2D eigenvalue weighted by Crippen LogP contribution is 2.49. The minimum absolute atomic E-state index is 0.145. The number of hydrogen-bond donors (Lipinski definition) is 1. The third-order valence-corrected chi connectivity index (χ3v) is 8.74. The summed E-state index contributed by atoms with van der Waals surface area (Å²) in [5.74, 6) is 0.602. The van der Waals surface area contributed by atoms with Crippen molar-refractivity contribution in [3.8, 4) is 11.3 Å². The van der Waals surface area contributed by atoms with Gasteiger partial charge in [-0.25, -0.2) is 9.97 Å². The largest absolute Gasteiger partial charge is 0.382 e. The summed E-state index contributed by atoms with van der Waals surface area (Å²) in [6.45, 7) is 12.9. The lowest BCUT2D eigenvalue weighted by Gasteiger charge is -2.55. The number of anilines is 2. The predicted octanol–water partition coefficient (Wildman–Crippen LogP) is 4.69. The lowest BCUT2D eigenvalue weighted by atomic mass is 9.71. The quantitative estimate of drug-likeness (QED) is 0.574. The number of hydrogen-bond acceptors (Lipinski definition) is 6. The van der Waals surface area contributed by atoms with Crippen molar-refractivity contribution in [3.05, 3.63) is 30.4 Å². The number of rotatable bonds is 4. The number of piperidine rings is 1. The summed E-state index contributed by atoms with van der Waals surface area (Å²) in [5, 5.41) is 0. The Morgan fingerprint density at radius 2 is 1.78 bits per heavy atom. The minimum Gasteiger partial charge on any atom is -0.382 e. The molecular formula is C28H37N7O. The van der Waals surface area contributed by atoms with Crippen LogP contribution < -0.4 is 10.6 Å². The van der Waals surface area contributed by atoms with Gasteiger partial charge in [-0.1, -0.05) is 6.42 Å². The van der Waals surface area contributed by atoms with E-state index in [2.05, 4.69) is 36.7 Å². The molecule has 3 aromatic rings. The zero-order chi connectivity index (χ0) is 25.4. The van der Waals surface area contributed by atoms with Gasteiger partial charge >= 0.3 is 0 Å². The summed E-state index contributed by atoms with van der Waals surface area (Å²) in [6, 6.07) is 4.49. The minimum atomic E-state index is -0.641. The van der Waals surface area contributed by atoms with Crippen molar-refractivity contribution < 1.29 is 4.79 Å². The Kier molecular flexibility index (Phi) is 5.20. The number of nitrogens with zero attached hydrogens (tertiary/aromatic N) is 6. The highest BCUT2D eigenvalue weighted by Gasteiger charge is 2.54. The molecule has 36 heavy (non-hydrogen) atoms. The van der Waals surface area contributed by atoms with Gasteiger partial charge in [0.05, 0.1) is 34.3 Å². The molecule has 1 saturated carbocycles. The van der Waals surface area contributed by atoms with Crippen LogP contribution in [0.1, 0.15) is 78.5 Å². The Labute approximate surface area is 212 Å². The Balaban J connectivity index is 1.35. The van der Waals surface area contributed by atoms with Crippen LogP contribution >= 0.6 is 0 Å². The van der Waals surface area contributed by atoms with Crippen molar-refractivity contribution in [2.45, 2.75) is 89.8 Å². The number of aromatic nitrogens is 4. The van der Waals surface area contributed by atoms with Crippen molar-refractivity contribution in [1.29, 1.82) is 0 Å². The van der Waals surface area contributed by atoms with Gasteiger partial charge in [-0.05, 0) is 85.5 Å². The average Bonchev–Trinajstić information content (AvgIpc) is 3.35. The standard InChI is InChI=1S/C28H37N7O/c1-17(2)34-16-31-21-12-20(32-25(29)23(21)34)18-11-22-24(30-15-18)27(3,4)26(36)35(22)19-13-28(5,14-19)33-9-7-6-8-10-33/h11-12,15-17,19H,6-10,13-14H2,1-5H3,(H2,29,32). The van der Waals surface area contributed by atoms with Crippen LogP contribution in [0.15, 0.2) is 24.7 Å². The number of nitrogen functional groups attached to an aromatic ring is 1. The maximum absolute atomic E-state index is 13.7. The fourth-order valence-corrected chi connectivity index (χ4v) is 6.59. The molecule has 6 rings (SSSR count). The van der Waals surface area contributed by atoms with Crippen molar-refractivity contribution >= 4 is 28.4 Å². The van der Waals surface area contributed by atoms with Gasteiger partial charge in [0.15, 0.2) is 0 Å². The first-order chi connectivity index (χ1) is 17.1. The second-order valence-corrected chi connectivity index (χ2v) is 12.0. The fraction of sp³-hybridized carbons (Fsp3) is 0.571. The molecule has 2 N–H and O–H groups in total. The van der Waals surface area contributed by atoms with Crippen LogP contribution in [-0.4, -0.2) is 55.0 Å². The molecule has 2 fully saturated rings. The Morgan fingerprint density at radius 1 is 1.06 bits per heavy atom. The van der Waals surface area contributed by atoms with E-state index in [0.29, 0.717) is 5.82 Å². The lowest BCUT2D eigenvalue weighted by Crippen LogP contribution is -2.64. The molecule has 5 heterocycles. The molecule has 1 aliphatic carbocycles. The Hall–Kier alpha value is -3.00. The molecule has 190 valence electrons. The number of amides is 1. The van der Waals surface area contributed by atoms with E-state index in [4.69, 9.17) is 15.7 Å². The van der Waals surface area contributed by atoms with E-state index in [1.807, 2.05) is 41.9 Å². The molecule has 0 unspecified atom stereocenters. The number of likely N-dealkylation sites (tertiary alicyclic amines) is 1. The zero-order valence-electron chi connectivity index (χ0n) is 22.1. The first-order valence-corrected chi connectivity index (χ1v) is 13.3. The molecule has 3 aliphatic rings. The lowest BCUT2D eigenvalue weighted by molar-refractivity contribution is -0.123. The monoisotopic (exact) mass is 487 g/mol. The number of pyridine rings is 2. The Morgan fingerprint density at radius 3 is 2.47 bits per heavy atom. The molecule has 8 heteroatoms. The van der Waals surface area contributed by atoms with E-state index < -0.39 is 5.41 Å². The highest BCUT2D eigenvalue weighted by atomic mass is 16.2. The third-order valence-electron chi connectivity index (χ3n) is 8.74. The van der Waals surface area contributed by atoms with Gasteiger partial charge in [0, 0.05) is 29.4 Å². The molecule has 0 aromatic carbocycles. The van der Waals surface area contributed by atoms with Gasteiger partial charge < -0.3 is 15.2 Å². The summed E-state index contributed by atoms with van der Waals surface area (Å²) in [5.41, 5.74) is 11.0. The highest BCUT2D eigenvalue weighted by molar-refractivity contribution is 6.08. The third kappa shape index (κ3) is 3.37. The van der Waals surface area contributed by atoms with Gasteiger partial charge in [-0.2, -0.15) is 0 Å². The molecule has 0 radical (unpaired) electrons. The smallest absolute Gasteiger partial charge is 0.239 e. The maximum Gasteiger partial charge on any atom is 0.239 e.